The molecule has 0 saturated carbocycles. The molecule has 0 spiro atoms. The lowest BCUT2D eigenvalue weighted by atomic mass is 10.4. The maximum Gasteiger partial charge on any atom is 0.226 e. The Labute approximate surface area is 102 Å². The van der Waals surface area contributed by atoms with Crippen LogP contribution in [-0.2, 0) is 0 Å². The lowest BCUT2D eigenvalue weighted by molar-refractivity contribution is 0.840. The second-order valence-electron chi connectivity index (χ2n) is 3.52. The topological polar surface area (TPSA) is 57.7 Å². The van der Waals surface area contributed by atoms with Gasteiger partial charge >= 0.3 is 0 Å². The summed E-state index contributed by atoms with van der Waals surface area (Å²) in [5, 5.41) is 0.257. The molecule has 2 aromatic rings. The van der Waals surface area contributed by atoms with E-state index >= 15 is 0 Å². The molecular formula is C9H10ClN5S. The highest BCUT2D eigenvalue weighted by atomic mass is 35.5. The molecule has 1 aliphatic heterocycles. The fraction of sp³-hybridized carbons (Fsp3) is 0.444. The number of anilines is 1. The Balaban J connectivity index is 2.09. The van der Waals surface area contributed by atoms with Gasteiger partial charge in [-0.15, -0.1) is 0 Å². The summed E-state index contributed by atoms with van der Waals surface area (Å²) >= 11 is 7.85. The number of aromatic nitrogens is 4. The first kappa shape index (κ1) is 10.2. The van der Waals surface area contributed by atoms with Crippen molar-refractivity contribution in [3.63, 3.8) is 0 Å². The van der Waals surface area contributed by atoms with Crippen molar-refractivity contribution < 1.29 is 0 Å². The molecule has 0 bridgehead atoms. The minimum Gasteiger partial charge on any atom is -0.353 e. The van der Waals surface area contributed by atoms with Crippen molar-refractivity contribution in [2.24, 2.45) is 0 Å². The highest BCUT2D eigenvalue weighted by Gasteiger charge is 2.17. The third-order valence-electron chi connectivity index (χ3n) is 2.55. The van der Waals surface area contributed by atoms with Crippen molar-refractivity contribution in [2.45, 2.75) is 0 Å². The van der Waals surface area contributed by atoms with Gasteiger partial charge in [-0.25, -0.2) is 4.98 Å². The molecule has 1 saturated heterocycles. The maximum absolute atomic E-state index is 5.89. The van der Waals surface area contributed by atoms with E-state index in [1.165, 1.54) is 0 Å². The molecule has 1 N–H and O–H groups in total. The van der Waals surface area contributed by atoms with Gasteiger partial charge < -0.3 is 9.88 Å². The van der Waals surface area contributed by atoms with Gasteiger partial charge in [0, 0.05) is 24.6 Å². The monoisotopic (exact) mass is 255 g/mol. The first-order valence-electron chi connectivity index (χ1n) is 5.04. The van der Waals surface area contributed by atoms with Gasteiger partial charge in [-0.1, -0.05) is 0 Å². The Morgan fingerprint density at radius 1 is 1.31 bits per heavy atom. The molecule has 1 aliphatic rings. The summed E-state index contributed by atoms with van der Waals surface area (Å²) in [7, 11) is 0. The molecule has 0 radical (unpaired) electrons. The first-order chi connectivity index (χ1) is 7.84. The average molecular weight is 256 g/mol. The van der Waals surface area contributed by atoms with Gasteiger partial charge in [-0.3, -0.25) is 0 Å². The number of nitrogens with zero attached hydrogens (tertiary/aromatic N) is 4. The van der Waals surface area contributed by atoms with E-state index in [-0.39, 0.29) is 5.28 Å². The number of rotatable bonds is 1. The molecule has 0 amide bonds. The van der Waals surface area contributed by atoms with Crippen molar-refractivity contribution >= 4 is 40.3 Å². The van der Waals surface area contributed by atoms with Crippen LogP contribution in [0.15, 0.2) is 6.33 Å². The molecule has 0 unspecified atom stereocenters. The standard InChI is InChI=1S/C9H10ClN5S/c10-9-13-7-6(11-5-12-7)8(14-9)15-1-3-16-4-2-15/h5H,1-4H2,(H,11,12,13,14). The zero-order valence-electron chi connectivity index (χ0n) is 8.48. The fourth-order valence-corrected chi connectivity index (χ4v) is 2.86. The van der Waals surface area contributed by atoms with E-state index in [1.54, 1.807) is 6.33 Å². The number of imidazole rings is 1. The number of aromatic amines is 1. The van der Waals surface area contributed by atoms with Gasteiger partial charge in [0.05, 0.1) is 6.33 Å². The highest BCUT2D eigenvalue weighted by Crippen LogP contribution is 2.24. The van der Waals surface area contributed by atoms with E-state index in [0.717, 1.165) is 35.9 Å². The summed E-state index contributed by atoms with van der Waals surface area (Å²) in [5.41, 5.74) is 1.50. The van der Waals surface area contributed by atoms with Crippen molar-refractivity contribution in [1.82, 2.24) is 19.9 Å². The molecule has 3 rings (SSSR count). The van der Waals surface area contributed by atoms with Gasteiger partial charge in [0.2, 0.25) is 5.28 Å². The van der Waals surface area contributed by atoms with Crippen LogP contribution in [0.1, 0.15) is 0 Å². The summed E-state index contributed by atoms with van der Waals surface area (Å²) in [6.07, 6.45) is 1.62. The second kappa shape index (κ2) is 4.10. The number of hydrogen-bond donors (Lipinski definition) is 1. The molecule has 0 aromatic carbocycles. The molecular weight excluding hydrogens is 246 g/mol. The van der Waals surface area contributed by atoms with Crippen LogP contribution < -0.4 is 4.90 Å². The van der Waals surface area contributed by atoms with Gasteiger partial charge in [0.1, 0.15) is 5.52 Å². The fourth-order valence-electron chi connectivity index (χ4n) is 1.80. The third-order valence-corrected chi connectivity index (χ3v) is 3.66. The van der Waals surface area contributed by atoms with Gasteiger partial charge in [0.15, 0.2) is 11.5 Å². The van der Waals surface area contributed by atoms with E-state index < -0.39 is 0 Å². The highest BCUT2D eigenvalue weighted by molar-refractivity contribution is 7.99. The summed E-state index contributed by atoms with van der Waals surface area (Å²) < 4.78 is 0. The lowest BCUT2D eigenvalue weighted by Crippen LogP contribution is -2.33. The normalized spacial score (nSPS) is 16.9. The summed E-state index contributed by atoms with van der Waals surface area (Å²) in [5.74, 6) is 3.11. The van der Waals surface area contributed by atoms with E-state index in [4.69, 9.17) is 11.6 Å². The quantitative estimate of drug-likeness (QED) is 0.784. The van der Waals surface area contributed by atoms with E-state index in [2.05, 4.69) is 24.8 Å². The van der Waals surface area contributed by atoms with Gasteiger partial charge in [-0.05, 0) is 11.6 Å². The average Bonchev–Trinajstić information content (AvgIpc) is 2.77. The summed E-state index contributed by atoms with van der Waals surface area (Å²) in [4.78, 5) is 17.8. The predicted molar refractivity (Wildman–Crippen MR) is 66.2 cm³/mol. The largest absolute Gasteiger partial charge is 0.353 e. The van der Waals surface area contributed by atoms with Gasteiger partial charge in [-0.2, -0.15) is 21.7 Å². The number of thioether (sulfide) groups is 1. The Morgan fingerprint density at radius 2 is 2.12 bits per heavy atom. The molecule has 2 aromatic heterocycles. The molecule has 16 heavy (non-hydrogen) atoms. The predicted octanol–water partition coefficient (Wildman–Crippen LogP) is 1.56. The smallest absolute Gasteiger partial charge is 0.226 e. The number of halogens is 1. The van der Waals surface area contributed by atoms with Crippen LogP contribution in [0.5, 0.6) is 0 Å². The van der Waals surface area contributed by atoms with Crippen LogP contribution in [0.3, 0.4) is 0 Å². The third kappa shape index (κ3) is 1.72. The number of nitrogens with one attached hydrogen (secondary N) is 1. The molecule has 84 valence electrons. The van der Waals surface area contributed by atoms with Crippen LogP contribution in [0, 0.1) is 0 Å². The molecule has 1 fully saturated rings. The van der Waals surface area contributed by atoms with Gasteiger partial charge in [0.25, 0.3) is 0 Å². The minimum atomic E-state index is 0.257. The summed E-state index contributed by atoms with van der Waals surface area (Å²) in [6.45, 7) is 1.98. The van der Waals surface area contributed by atoms with Crippen LogP contribution in [0.2, 0.25) is 5.28 Å². The van der Waals surface area contributed by atoms with Crippen molar-refractivity contribution in [1.29, 1.82) is 0 Å². The minimum absolute atomic E-state index is 0.257. The number of H-pyrrole nitrogens is 1. The number of fused-ring (bicyclic) bond motifs is 1. The van der Waals surface area contributed by atoms with Crippen LogP contribution in [0.4, 0.5) is 5.82 Å². The molecule has 0 atom stereocenters. The lowest BCUT2D eigenvalue weighted by Gasteiger charge is -2.27. The molecule has 5 nitrogen and oxygen atoms in total. The Kier molecular flexibility index (Phi) is 2.61. The molecule has 0 aliphatic carbocycles. The SMILES string of the molecule is Clc1nc(N2CCSCC2)c2[nH]cnc2n1. The van der Waals surface area contributed by atoms with E-state index in [9.17, 15) is 0 Å². The molecule has 7 heteroatoms. The Hall–Kier alpha value is -1.01. The zero-order valence-corrected chi connectivity index (χ0v) is 10.1. The zero-order chi connectivity index (χ0) is 11.0. The van der Waals surface area contributed by atoms with Crippen LogP contribution in [0.25, 0.3) is 11.2 Å². The van der Waals surface area contributed by atoms with Crippen molar-refractivity contribution in [3.05, 3.63) is 11.6 Å². The first-order valence-corrected chi connectivity index (χ1v) is 6.57. The Bertz CT molecular complexity index is 508. The van der Waals surface area contributed by atoms with Crippen molar-refractivity contribution in [2.75, 3.05) is 29.5 Å². The summed E-state index contributed by atoms with van der Waals surface area (Å²) in [6, 6.07) is 0. The van der Waals surface area contributed by atoms with Crippen molar-refractivity contribution in [3.8, 4) is 0 Å². The van der Waals surface area contributed by atoms with Crippen LogP contribution >= 0.6 is 23.4 Å². The number of hydrogen-bond acceptors (Lipinski definition) is 5. The Morgan fingerprint density at radius 3 is 2.94 bits per heavy atom. The van der Waals surface area contributed by atoms with Crippen LogP contribution in [-0.4, -0.2) is 44.5 Å². The van der Waals surface area contributed by atoms with E-state index in [1.807, 2.05) is 11.8 Å². The van der Waals surface area contributed by atoms with E-state index in [0.29, 0.717) is 5.65 Å². The second-order valence-corrected chi connectivity index (χ2v) is 5.08. The maximum atomic E-state index is 5.89. The molecule has 3 heterocycles.